The third-order valence-electron chi connectivity index (χ3n) is 3.39. The molecule has 0 aromatic rings. The van der Waals surface area contributed by atoms with Crippen molar-refractivity contribution in [1.82, 2.24) is 4.90 Å². The maximum absolute atomic E-state index is 11.4. The van der Waals surface area contributed by atoms with Crippen molar-refractivity contribution in [2.45, 2.75) is 51.6 Å². The van der Waals surface area contributed by atoms with Crippen LogP contribution in [0, 0.1) is 0 Å². The van der Waals surface area contributed by atoms with Crippen molar-refractivity contribution >= 4 is 15.8 Å². The van der Waals surface area contributed by atoms with Crippen molar-refractivity contribution in [2.24, 2.45) is 0 Å². The Morgan fingerprint density at radius 1 is 1.28 bits per heavy atom. The highest BCUT2D eigenvalue weighted by molar-refractivity contribution is 7.91. The second-order valence-corrected chi connectivity index (χ2v) is 8.19. The molecular formula is C12H23NO4S. The summed E-state index contributed by atoms with van der Waals surface area (Å²) in [5, 5.41) is 8.79. The van der Waals surface area contributed by atoms with Gasteiger partial charge in [0, 0.05) is 18.1 Å². The molecule has 0 unspecified atom stereocenters. The fourth-order valence-corrected chi connectivity index (χ4v) is 3.94. The summed E-state index contributed by atoms with van der Waals surface area (Å²) < 4.78 is 22.8. The van der Waals surface area contributed by atoms with Crippen molar-refractivity contribution in [1.29, 1.82) is 0 Å². The van der Waals surface area contributed by atoms with Gasteiger partial charge in [0.15, 0.2) is 0 Å². The van der Waals surface area contributed by atoms with Gasteiger partial charge in [-0.2, -0.15) is 0 Å². The molecule has 1 aliphatic rings. The van der Waals surface area contributed by atoms with E-state index in [0.717, 1.165) is 0 Å². The molecule has 0 atom stereocenters. The van der Waals surface area contributed by atoms with E-state index in [-0.39, 0.29) is 29.5 Å². The van der Waals surface area contributed by atoms with Gasteiger partial charge < -0.3 is 5.11 Å². The zero-order valence-electron chi connectivity index (χ0n) is 11.3. The van der Waals surface area contributed by atoms with Crippen LogP contribution in [-0.2, 0) is 14.6 Å². The molecule has 18 heavy (non-hydrogen) atoms. The summed E-state index contributed by atoms with van der Waals surface area (Å²) in [6.45, 7) is 6.59. The van der Waals surface area contributed by atoms with E-state index in [4.69, 9.17) is 5.11 Å². The van der Waals surface area contributed by atoms with E-state index in [1.807, 2.05) is 20.8 Å². The van der Waals surface area contributed by atoms with E-state index in [1.165, 1.54) is 0 Å². The molecule has 1 N–H and O–H groups in total. The molecule has 1 rings (SSSR count). The molecule has 1 heterocycles. The second-order valence-electron chi connectivity index (χ2n) is 5.89. The van der Waals surface area contributed by atoms with E-state index < -0.39 is 15.8 Å². The molecule has 0 bridgehead atoms. The lowest BCUT2D eigenvalue weighted by molar-refractivity contribution is -0.137. The standard InChI is InChI=1S/C12H23NO4S/c1-12(2,3)13(7-4-11(14)15)10-5-8-18(16,17)9-6-10/h10H,4-9H2,1-3H3,(H,14,15). The van der Waals surface area contributed by atoms with Gasteiger partial charge in [-0.25, -0.2) is 8.42 Å². The summed E-state index contributed by atoms with van der Waals surface area (Å²) in [6.07, 6.45) is 1.32. The first kappa shape index (κ1) is 15.4. The van der Waals surface area contributed by atoms with E-state index in [9.17, 15) is 13.2 Å². The topological polar surface area (TPSA) is 74.7 Å². The fraction of sp³-hybridized carbons (Fsp3) is 0.917. The summed E-state index contributed by atoms with van der Waals surface area (Å²) in [4.78, 5) is 12.8. The summed E-state index contributed by atoms with van der Waals surface area (Å²) in [7, 11) is -2.87. The van der Waals surface area contributed by atoms with Crippen LogP contribution in [0.15, 0.2) is 0 Å². The van der Waals surface area contributed by atoms with Gasteiger partial charge in [-0.15, -0.1) is 0 Å². The number of nitrogens with zero attached hydrogens (tertiary/aromatic N) is 1. The average molecular weight is 277 g/mol. The zero-order chi connectivity index (χ0) is 14.0. The Morgan fingerprint density at radius 3 is 2.17 bits per heavy atom. The first-order chi connectivity index (χ1) is 8.12. The van der Waals surface area contributed by atoms with Gasteiger partial charge in [0.05, 0.1) is 17.9 Å². The maximum atomic E-state index is 11.4. The molecule has 0 aliphatic carbocycles. The Hall–Kier alpha value is -0.620. The van der Waals surface area contributed by atoms with Gasteiger partial charge in [0.2, 0.25) is 0 Å². The summed E-state index contributed by atoms with van der Waals surface area (Å²) >= 11 is 0. The van der Waals surface area contributed by atoms with E-state index in [2.05, 4.69) is 4.90 Å². The van der Waals surface area contributed by atoms with Gasteiger partial charge in [0.1, 0.15) is 9.84 Å². The molecule has 1 aliphatic heterocycles. The third kappa shape index (κ3) is 4.57. The van der Waals surface area contributed by atoms with Gasteiger partial charge in [-0.05, 0) is 33.6 Å². The first-order valence-electron chi connectivity index (χ1n) is 6.31. The molecule has 0 amide bonds. The Labute approximate surface area is 109 Å². The minimum Gasteiger partial charge on any atom is -0.481 e. The number of hydrogen-bond donors (Lipinski definition) is 1. The molecule has 5 nitrogen and oxygen atoms in total. The van der Waals surface area contributed by atoms with Crippen LogP contribution < -0.4 is 0 Å². The molecule has 6 heteroatoms. The van der Waals surface area contributed by atoms with Crippen LogP contribution >= 0.6 is 0 Å². The van der Waals surface area contributed by atoms with E-state index in [1.54, 1.807) is 0 Å². The highest BCUT2D eigenvalue weighted by Crippen LogP contribution is 2.25. The quantitative estimate of drug-likeness (QED) is 0.834. The number of rotatable bonds is 4. The number of aliphatic carboxylic acids is 1. The predicted octanol–water partition coefficient (Wildman–Crippen LogP) is 1.14. The van der Waals surface area contributed by atoms with Gasteiger partial charge in [0.25, 0.3) is 0 Å². The van der Waals surface area contributed by atoms with Crippen LogP contribution in [-0.4, -0.2) is 54.0 Å². The summed E-state index contributed by atoms with van der Waals surface area (Å²) in [6, 6.07) is 0.174. The Morgan fingerprint density at radius 2 is 1.78 bits per heavy atom. The Balaban J connectivity index is 2.69. The zero-order valence-corrected chi connectivity index (χ0v) is 12.2. The molecule has 0 aromatic carbocycles. The third-order valence-corrected chi connectivity index (χ3v) is 5.11. The van der Waals surface area contributed by atoms with Crippen molar-refractivity contribution in [2.75, 3.05) is 18.1 Å². The Kier molecular flexibility index (Phi) is 4.78. The van der Waals surface area contributed by atoms with E-state index >= 15 is 0 Å². The van der Waals surface area contributed by atoms with Crippen LogP contribution in [0.3, 0.4) is 0 Å². The number of carbonyl (C=O) groups is 1. The van der Waals surface area contributed by atoms with Gasteiger partial charge in [-0.1, -0.05) is 0 Å². The molecule has 1 saturated heterocycles. The lowest BCUT2D eigenvalue weighted by Crippen LogP contribution is -2.51. The lowest BCUT2D eigenvalue weighted by atomic mass is 9.99. The lowest BCUT2D eigenvalue weighted by Gasteiger charge is -2.43. The highest BCUT2D eigenvalue weighted by Gasteiger charge is 2.33. The fourth-order valence-electron chi connectivity index (χ4n) is 2.47. The van der Waals surface area contributed by atoms with Crippen LogP contribution in [0.5, 0.6) is 0 Å². The first-order valence-corrected chi connectivity index (χ1v) is 8.13. The minimum absolute atomic E-state index is 0.0977. The molecule has 106 valence electrons. The van der Waals surface area contributed by atoms with Crippen LogP contribution in [0.2, 0.25) is 0 Å². The largest absolute Gasteiger partial charge is 0.481 e. The number of carboxylic acids is 1. The predicted molar refractivity (Wildman–Crippen MR) is 70.4 cm³/mol. The molecule has 0 spiro atoms. The second kappa shape index (κ2) is 5.57. The SMILES string of the molecule is CC(C)(C)N(CCC(=O)O)C1CCS(=O)(=O)CC1. The van der Waals surface area contributed by atoms with E-state index in [0.29, 0.717) is 19.4 Å². The van der Waals surface area contributed by atoms with Gasteiger partial charge >= 0.3 is 5.97 Å². The molecule has 0 saturated carbocycles. The number of sulfone groups is 1. The maximum Gasteiger partial charge on any atom is 0.304 e. The highest BCUT2D eigenvalue weighted by atomic mass is 32.2. The van der Waals surface area contributed by atoms with Crippen molar-refractivity contribution < 1.29 is 18.3 Å². The summed E-state index contributed by atoms with van der Waals surface area (Å²) in [5.41, 5.74) is -0.138. The Bertz CT molecular complexity index is 383. The number of carboxylic acid groups (broad SMARTS) is 1. The van der Waals surface area contributed by atoms with Crippen LogP contribution in [0.4, 0.5) is 0 Å². The van der Waals surface area contributed by atoms with Crippen LogP contribution in [0.1, 0.15) is 40.0 Å². The number of hydrogen-bond acceptors (Lipinski definition) is 4. The molecule has 0 aromatic heterocycles. The molecule has 1 fully saturated rings. The van der Waals surface area contributed by atoms with Crippen molar-refractivity contribution in [3.63, 3.8) is 0 Å². The van der Waals surface area contributed by atoms with Crippen molar-refractivity contribution in [3.8, 4) is 0 Å². The monoisotopic (exact) mass is 277 g/mol. The normalized spacial score (nSPS) is 21.1. The van der Waals surface area contributed by atoms with Crippen molar-refractivity contribution in [3.05, 3.63) is 0 Å². The molecule has 0 radical (unpaired) electrons. The van der Waals surface area contributed by atoms with Crippen LogP contribution in [0.25, 0.3) is 0 Å². The molecular weight excluding hydrogens is 254 g/mol. The van der Waals surface area contributed by atoms with Gasteiger partial charge in [-0.3, -0.25) is 9.69 Å². The minimum atomic E-state index is -2.87. The summed E-state index contributed by atoms with van der Waals surface area (Å²) in [5.74, 6) is -0.373. The smallest absolute Gasteiger partial charge is 0.304 e. The average Bonchev–Trinajstić information content (AvgIpc) is 2.18.